The van der Waals surface area contributed by atoms with E-state index in [1.807, 2.05) is 0 Å². The minimum absolute atomic E-state index is 0.0563. The predicted octanol–water partition coefficient (Wildman–Crippen LogP) is 3.06. The van der Waals surface area contributed by atoms with Crippen LogP contribution in [-0.4, -0.2) is 39.1 Å². The Hall–Kier alpha value is -3.57. The van der Waals surface area contributed by atoms with Gasteiger partial charge in [-0.2, -0.15) is 0 Å². The number of hydrogen-bond acceptors (Lipinski definition) is 8. The Morgan fingerprint density at radius 1 is 1.06 bits per heavy atom. The number of rotatable bonds is 8. The van der Waals surface area contributed by atoms with Gasteiger partial charge in [0.25, 0.3) is 15.9 Å². The van der Waals surface area contributed by atoms with Crippen molar-refractivity contribution >= 4 is 44.6 Å². The van der Waals surface area contributed by atoms with Crippen molar-refractivity contribution < 1.29 is 32.6 Å². The molecule has 31 heavy (non-hydrogen) atoms. The number of carbonyl (C=O) groups excluding carboxylic acids is 2. The van der Waals surface area contributed by atoms with Gasteiger partial charge in [0, 0.05) is 11.4 Å². The van der Waals surface area contributed by atoms with E-state index in [2.05, 4.69) is 10.0 Å². The molecule has 0 aliphatic carbocycles. The Morgan fingerprint density at radius 2 is 1.77 bits per heavy atom. The third kappa shape index (κ3) is 5.74. The molecule has 0 saturated carbocycles. The van der Waals surface area contributed by atoms with E-state index < -0.39 is 34.3 Å². The Bertz CT molecular complexity index is 1170. The lowest BCUT2D eigenvalue weighted by molar-refractivity contribution is -0.119. The summed E-state index contributed by atoms with van der Waals surface area (Å²) in [6.45, 7) is -0.602. The summed E-state index contributed by atoms with van der Waals surface area (Å²) in [5.41, 5.74) is 0.249. The van der Waals surface area contributed by atoms with Crippen molar-refractivity contribution in [2.24, 2.45) is 0 Å². The van der Waals surface area contributed by atoms with Crippen LogP contribution in [-0.2, 0) is 19.6 Å². The molecule has 0 radical (unpaired) electrons. The third-order valence-electron chi connectivity index (χ3n) is 3.94. The summed E-state index contributed by atoms with van der Waals surface area (Å²) in [4.78, 5) is 24.3. The number of nitrogens with one attached hydrogen (secondary N) is 2. The van der Waals surface area contributed by atoms with E-state index in [-0.39, 0.29) is 15.5 Å². The van der Waals surface area contributed by atoms with Crippen LogP contribution in [0.3, 0.4) is 0 Å². The fourth-order valence-corrected chi connectivity index (χ4v) is 4.51. The first kappa shape index (κ1) is 22.1. The molecule has 0 atom stereocenters. The molecule has 0 bridgehead atoms. The minimum Gasteiger partial charge on any atom is -0.507 e. The minimum atomic E-state index is -3.83. The number of ether oxygens (including phenoxy) is 2. The van der Waals surface area contributed by atoms with Crippen LogP contribution in [0.4, 0.5) is 11.4 Å². The van der Waals surface area contributed by atoms with E-state index in [9.17, 15) is 23.1 Å². The molecule has 9 nitrogen and oxygen atoms in total. The molecule has 162 valence electrons. The standard InChI is InChI=1S/C20H18N2O7S2/c1-28-15-7-4-13(5-8-15)21-18(24)12-29-20(25)16-11-14(6-9-17(16)23)22-31(26,27)19-3-2-10-30-19/h2-11,22-23H,12H2,1H3,(H,21,24). The van der Waals surface area contributed by atoms with E-state index in [0.29, 0.717) is 11.4 Å². The zero-order valence-corrected chi connectivity index (χ0v) is 17.8. The van der Waals surface area contributed by atoms with Gasteiger partial charge >= 0.3 is 5.97 Å². The summed E-state index contributed by atoms with van der Waals surface area (Å²) in [6.07, 6.45) is 0. The average molecular weight is 463 g/mol. The summed E-state index contributed by atoms with van der Waals surface area (Å²) < 4.78 is 37.0. The molecule has 2 aromatic carbocycles. The lowest BCUT2D eigenvalue weighted by Crippen LogP contribution is -2.21. The molecule has 0 saturated heterocycles. The predicted molar refractivity (Wildman–Crippen MR) is 115 cm³/mol. The molecule has 0 spiro atoms. The van der Waals surface area contributed by atoms with Gasteiger partial charge in [-0.3, -0.25) is 9.52 Å². The summed E-state index contributed by atoms with van der Waals surface area (Å²) in [5, 5.41) is 14.1. The highest BCUT2D eigenvalue weighted by Gasteiger charge is 2.19. The van der Waals surface area contributed by atoms with E-state index in [0.717, 1.165) is 23.5 Å². The molecule has 1 heterocycles. The van der Waals surface area contributed by atoms with Crippen molar-refractivity contribution in [3.63, 3.8) is 0 Å². The quantitative estimate of drug-likeness (QED) is 0.346. The lowest BCUT2D eigenvalue weighted by atomic mass is 10.2. The second kappa shape index (κ2) is 9.49. The number of hydrogen-bond donors (Lipinski definition) is 3. The first-order valence-corrected chi connectivity index (χ1v) is 11.1. The first-order valence-electron chi connectivity index (χ1n) is 8.79. The monoisotopic (exact) mass is 462 g/mol. The Morgan fingerprint density at radius 3 is 2.42 bits per heavy atom. The number of phenolic OH excluding ortho intramolecular Hbond substituents is 1. The van der Waals surface area contributed by atoms with E-state index >= 15 is 0 Å². The molecule has 1 aromatic heterocycles. The third-order valence-corrected chi connectivity index (χ3v) is 6.72. The molecule has 0 aliphatic rings. The maximum absolute atomic E-state index is 12.3. The number of thiophene rings is 1. The van der Waals surface area contributed by atoms with Crippen molar-refractivity contribution in [2.45, 2.75) is 4.21 Å². The van der Waals surface area contributed by atoms with Gasteiger partial charge in [0.2, 0.25) is 0 Å². The number of amides is 1. The first-order chi connectivity index (χ1) is 14.8. The average Bonchev–Trinajstić information content (AvgIpc) is 3.30. The number of benzene rings is 2. The van der Waals surface area contributed by atoms with E-state index in [4.69, 9.17) is 9.47 Å². The second-order valence-corrected chi connectivity index (χ2v) is 8.98. The van der Waals surface area contributed by atoms with Crippen molar-refractivity contribution in [3.8, 4) is 11.5 Å². The maximum Gasteiger partial charge on any atom is 0.342 e. The topological polar surface area (TPSA) is 131 Å². The van der Waals surface area contributed by atoms with E-state index in [1.165, 1.54) is 19.2 Å². The highest BCUT2D eigenvalue weighted by molar-refractivity contribution is 7.94. The molecule has 3 N–H and O–H groups in total. The van der Waals surface area contributed by atoms with Gasteiger partial charge in [0.05, 0.1) is 7.11 Å². The highest BCUT2D eigenvalue weighted by Crippen LogP contribution is 2.25. The van der Waals surface area contributed by atoms with E-state index in [1.54, 1.807) is 35.7 Å². The van der Waals surface area contributed by atoms with Crippen molar-refractivity contribution in [1.82, 2.24) is 0 Å². The van der Waals surface area contributed by atoms with Crippen LogP contribution in [0, 0.1) is 0 Å². The fourth-order valence-electron chi connectivity index (χ4n) is 2.47. The van der Waals surface area contributed by atoms with Crippen LogP contribution < -0.4 is 14.8 Å². The number of carbonyl (C=O) groups is 2. The number of sulfonamides is 1. The van der Waals surface area contributed by atoms with Crippen LogP contribution in [0.5, 0.6) is 11.5 Å². The summed E-state index contributed by atoms with van der Waals surface area (Å²) in [6, 6.07) is 13.2. The molecule has 0 fully saturated rings. The molecule has 1 amide bonds. The number of anilines is 2. The Kier molecular flexibility index (Phi) is 6.78. The maximum atomic E-state index is 12.3. The molecule has 3 rings (SSSR count). The van der Waals surface area contributed by atoms with Gasteiger partial charge < -0.3 is 19.9 Å². The number of phenols is 1. The fraction of sp³-hybridized carbons (Fsp3) is 0.100. The summed E-state index contributed by atoms with van der Waals surface area (Å²) >= 11 is 1.03. The molecular formula is C20H18N2O7S2. The normalized spacial score (nSPS) is 10.9. The van der Waals surface area contributed by atoms with Gasteiger partial charge in [-0.25, -0.2) is 13.2 Å². The molecule has 0 unspecified atom stereocenters. The summed E-state index contributed by atoms with van der Waals surface area (Å²) in [7, 11) is -2.31. The second-order valence-electron chi connectivity index (χ2n) is 6.12. The highest BCUT2D eigenvalue weighted by atomic mass is 32.2. The zero-order chi connectivity index (χ0) is 22.4. The van der Waals surface area contributed by atoms with Crippen LogP contribution >= 0.6 is 11.3 Å². The SMILES string of the molecule is COc1ccc(NC(=O)COC(=O)c2cc(NS(=O)(=O)c3cccs3)ccc2O)cc1. The van der Waals surface area contributed by atoms with Crippen LogP contribution in [0.15, 0.2) is 64.2 Å². The van der Waals surface area contributed by atoms with Crippen LogP contribution in [0.25, 0.3) is 0 Å². The van der Waals surface area contributed by atoms with Gasteiger partial charge in [-0.1, -0.05) is 6.07 Å². The number of aromatic hydroxyl groups is 1. The van der Waals surface area contributed by atoms with Gasteiger partial charge in [-0.15, -0.1) is 11.3 Å². The zero-order valence-electron chi connectivity index (χ0n) is 16.2. The smallest absolute Gasteiger partial charge is 0.342 e. The van der Waals surface area contributed by atoms with Crippen LogP contribution in [0.2, 0.25) is 0 Å². The van der Waals surface area contributed by atoms with Crippen LogP contribution in [0.1, 0.15) is 10.4 Å². The lowest BCUT2D eigenvalue weighted by Gasteiger charge is -2.10. The van der Waals surface area contributed by atoms with Crippen molar-refractivity contribution in [2.75, 3.05) is 23.8 Å². The molecule has 3 aromatic rings. The van der Waals surface area contributed by atoms with Gasteiger partial charge in [-0.05, 0) is 53.9 Å². The van der Waals surface area contributed by atoms with Crippen molar-refractivity contribution in [3.05, 3.63) is 65.5 Å². The molecule has 0 aliphatic heterocycles. The van der Waals surface area contributed by atoms with Gasteiger partial charge in [0.1, 0.15) is 21.3 Å². The number of methoxy groups -OCH3 is 1. The molecule has 11 heteroatoms. The largest absolute Gasteiger partial charge is 0.507 e. The summed E-state index contributed by atoms with van der Waals surface area (Å²) in [5.74, 6) is -1.37. The Balaban J connectivity index is 1.63. The number of esters is 1. The van der Waals surface area contributed by atoms with Crippen molar-refractivity contribution in [1.29, 1.82) is 0 Å². The Labute approximate surface area is 182 Å². The van der Waals surface area contributed by atoms with Gasteiger partial charge in [0.15, 0.2) is 6.61 Å². The molecular weight excluding hydrogens is 444 g/mol.